The number of alkyl halides is 2. The molecule has 0 bridgehead atoms. The van der Waals surface area contributed by atoms with Crippen molar-refractivity contribution in [3.63, 3.8) is 0 Å². The molecule has 1 aromatic rings. The highest BCUT2D eigenvalue weighted by molar-refractivity contribution is 14.1. The summed E-state index contributed by atoms with van der Waals surface area (Å²) < 4.78 is 42.2. The SMILES string of the molecule is COc1nc(I)cc(C(F)F)c1F. The van der Waals surface area contributed by atoms with Gasteiger partial charge in [0.25, 0.3) is 12.3 Å². The molecule has 0 aliphatic carbocycles. The van der Waals surface area contributed by atoms with E-state index in [1.54, 1.807) is 22.6 Å². The summed E-state index contributed by atoms with van der Waals surface area (Å²) >= 11 is 1.71. The van der Waals surface area contributed by atoms with Crippen LogP contribution in [0.5, 0.6) is 5.88 Å². The molecule has 0 N–H and O–H groups in total. The minimum absolute atomic E-state index is 0.270. The van der Waals surface area contributed by atoms with Gasteiger partial charge in [-0.3, -0.25) is 0 Å². The summed E-state index contributed by atoms with van der Waals surface area (Å²) in [5.74, 6) is -1.50. The van der Waals surface area contributed by atoms with E-state index in [9.17, 15) is 13.2 Å². The maximum Gasteiger partial charge on any atom is 0.266 e. The number of halogens is 4. The lowest BCUT2D eigenvalue weighted by Crippen LogP contribution is -2.00. The van der Waals surface area contributed by atoms with E-state index in [0.717, 1.165) is 6.07 Å². The molecule has 2 nitrogen and oxygen atoms in total. The normalized spacial score (nSPS) is 10.6. The molecule has 1 heterocycles. The molecular formula is C7H5F3INO. The molecular weight excluding hydrogens is 298 g/mol. The summed E-state index contributed by atoms with van der Waals surface area (Å²) in [4.78, 5) is 3.59. The van der Waals surface area contributed by atoms with E-state index < -0.39 is 23.7 Å². The molecule has 6 heteroatoms. The quantitative estimate of drug-likeness (QED) is 0.619. The number of hydrogen-bond donors (Lipinski definition) is 0. The van der Waals surface area contributed by atoms with Gasteiger partial charge in [0.2, 0.25) is 0 Å². The monoisotopic (exact) mass is 303 g/mol. The highest BCUT2D eigenvalue weighted by atomic mass is 127. The standard InChI is InChI=1S/C7H5F3INO/c1-13-7-5(8)3(6(9)10)2-4(11)12-7/h2,6H,1H3. The number of hydrogen-bond acceptors (Lipinski definition) is 2. The number of rotatable bonds is 2. The van der Waals surface area contributed by atoms with Gasteiger partial charge in [-0.05, 0) is 28.7 Å². The molecule has 0 aromatic carbocycles. The number of ether oxygens (including phenoxy) is 1. The van der Waals surface area contributed by atoms with Crippen molar-refractivity contribution in [2.24, 2.45) is 0 Å². The van der Waals surface area contributed by atoms with Crippen molar-refractivity contribution in [2.45, 2.75) is 6.43 Å². The van der Waals surface area contributed by atoms with Crippen LogP contribution in [0.2, 0.25) is 0 Å². The fraction of sp³-hybridized carbons (Fsp3) is 0.286. The van der Waals surface area contributed by atoms with E-state index >= 15 is 0 Å². The summed E-state index contributed by atoms with van der Waals surface area (Å²) in [5, 5.41) is 0. The Labute approximate surface area is 86.3 Å². The second kappa shape index (κ2) is 4.12. The smallest absolute Gasteiger partial charge is 0.266 e. The van der Waals surface area contributed by atoms with Crippen LogP contribution in [0.25, 0.3) is 0 Å². The predicted molar refractivity (Wildman–Crippen MR) is 48.4 cm³/mol. The first-order valence-corrected chi connectivity index (χ1v) is 4.32. The zero-order valence-electron chi connectivity index (χ0n) is 6.52. The van der Waals surface area contributed by atoms with E-state index in [-0.39, 0.29) is 3.70 Å². The molecule has 13 heavy (non-hydrogen) atoms. The van der Waals surface area contributed by atoms with Crippen LogP contribution in [-0.2, 0) is 0 Å². The summed E-state index contributed by atoms with van der Waals surface area (Å²) in [6.45, 7) is 0. The van der Waals surface area contributed by atoms with E-state index in [2.05, 4.69) is 9.72 Å². The van der Waals surface area contributed by atoms with E-state index in [4.69, 9.17) is 0 Å². The first-order valence-electron chi connectivity index (χ1n) is 3.24. The van der Waals surface area contributed by atoms with Gasteiger partial charge in [-0.15, -0.1) is 0 Å². The molecule has 1 aromatic heterocycles. The van der Waals surface area contributed by atoms with Crippen molar-refractivity contribution < 1.29 is 17.9 Å². The average molecular weight is 303 g/mol. The topological polar surface area (TPSA) is 22.1 Å². The molecule has 0 saturated carbocycles. The van der Waals surface area contributed by atoms with Crippen LogP contribution in [-0.4, -0.2) is 12.1 Å². The van der Waals surface area contributed by atoms with Gasteiger partial charge in [-0.2, -0.15) is 0 Å². The Bertz CT molecular complexity index is 319. The molecule has 0 amide bonds. The summed E-state index contributed by atoms with van der Waals surface area (Å²) in [5.41, 5.74) is -0.684. The predicted octanol–water partition coefficient (Wildman–Crippen LogP) is 2.77. The Balaban J connectivity index is 3.27. The average Bonchev–Trinajstić information content (AvgIpc) is 2.08. The summed E-state index contributed by atoms with van der Waals surface area (Å²) in [6.07, 6.45) is -2.86. The number of nitrogens with zero attached hydrogens (tertiary/aromatic N) is 1. The minimum atomic E-state index is -2.86. The third kappa shape index (κ3) is 2.23. The Hall–Kier alpha value is -0.530. The van der Waals surface area contributed by atoms with E-state index in [0.29, 0.717) is 0 Å². The van der Waals surface area contributed by atoms with Crippen molar-refractivity contribution in [3.8, 4) is 5.88 Å². The van der Waals surface area contributed by atoms with E-state index in [1.807, 2.05) is 0 Å². The van der Waals surface area contributed by atoms with Gasteiger partial charge in [0.15, 0.2) is 5.82 Å². The third-order valence-corrected chi connectivity index (χ3v) is 1.91. The van der Waals surface area contributed by atoms with Gasteiger partial charge >= 0.3 is 0 Å². The van der Waals surface area contributed by atoms with Crippen molar-refractivity contribution in [3.05, 3.63) is 21.1 Å². The molecule has 0 radical (unpaired) electrons. The number of methoxy groups -OCH3 is 1. The Morgan fingerprint density at radius 2 is 2.15 bits per heavy atom. The van der Waals surface area contributed by atoms with Crippen molar-refractivity contribution in [2.75, 3.05) is 7.11 Å². The van der Waals surface area contributed by atoms with Gasteiger partial charge < -0.3 is 4.74 Å². The Morgan fingerprint density at radius 3 is 2.62 bits per heavy atom. The molecule has 0 aliphatic heterocycles. The van der Waals surface area contributed by atoms with Crippen molar-refractivity contribution >= 4 is 22.6 Å². The van der Waals surface area contributed by atoms with Crippen LogP contribution in [0, 0.1) is 9.52 Å². The number of pyridine rings is 1. The first-order chi connectivity index (χ1) is 6.06. The fourth-order valence-corrected chi connectivity index (χ4v) is 1.34. The zero-order valence-corrected chi connectivity index (χ0v) is 8.68. The highest BCUT2D eigenvalue weighted by Crippen LogP contribution is 2.27. The van der Waals surface area contributed by atoms with Gasteiger partial charge in [-0.1, -0.05) is 0 Å². The Morgan fingerprint density at radius 1 is 1.54 bits per heavy atom. The lowest BCUT2D eigenvalue weighted by molar-refractivity contribution is 0.144. The van der Waals surface area contributed by atoms with Gasteiger partial charge in [0.1, 0.15) is 3.70 Å². The molecule has 0 spiro atoms. The van der Waals surface area contributed by atoms with Crippen LogP contribution < -0.4 is 4.74 Å². The van der Waals surface area contributed by atoms with Crippen molar-refractivity contribution in [1.29, 1.82) is 0 Å². The maximum absolute atomic E-state index is 13.0. The Kier molecular flexibility index (Phi) is 3.34. The molecule has 1 rings (SSSR count). The third-order valence-electron chi connectivity index (χ3n) is 1.35. The molecule has 0 aliphatic rings. The molecule has 0 unspecified atom stereocenters. The van der Waals surface area contributed by atoms with Gasteiger partial charge in [-0.25, -0.2) is 18.2 Å². The summed E-state index contributed by atoms with van der Waals surface area (Å²) in [6, 6.07) is 0.989. The van der Waals surface area contributed by atoms with E-state index in [1.165, 1.54) is 7.11 Å². The molecule has 0 fully saturated rings. The lowest BCUT2D eigenvalue weighted by Gasteiger charge is -2.06. The first kappa shape index (κ1) is 10.6. The zero-order chi connectivity index (χ0) is 10.0. The second-order valence-electron chi connectivity index (χ2n) is 2.16. The van der Waals surface area contributed by atoms with Crippen LogP contribution in [0.4, 0.5) is 13.2 Å². The van der Waals surface area contributed by atoms with Gasteiger partial charge in [0.05, 0.1) is 12.7 Å². The minimum Gasteiger partial charge on any atom is -0.479 e. The lowest BCUT2D eigenvalue weighted by atomic mass is 10.2. The number of aromatic nitrogens is 1. The van der Waals surface area contributed by atoms with Crippen LogP contribution in [0.15, 0.2) is 6.07 Å². The molecule has 0 saturated heterocycles. The second-order valence-corrected chi connectivity index (χ2v) is 3.26. The fourth-order valence-electron chi connectivity index (χ4n) is 0.788. The molecule has 72 valence electrons. The van der Waals surface area contributed by atoms with Gasteiger partial charge in [0, 0.05) is 0 Å². The largest absolute Gasteiger partial charge is 0.479 e. The highest BCUT2D eigenvalue weighted by Gasteiger charge is 2.19. The molecule has 0 atom stereocenters. The van der Waals surface area contributed by atoms with Crippen LogP contribution >= 0.6 is 22.6 Å². The maximum atomic E-state index is 13.0. The van der Waals surface area contributed by atoms with Crippen LogP contribution in [0.3, 0.4) is 0 Å². The summed E-state index contributed by atoms with van der Waals surface area (Å²) in [7, 11) is 1.18. The van der Waals surface area contributed by atoms with Crippen LogP contribution in [0.1, 0.15) is 12.0 Å². The van der Waals surface area contributed by atoms with Crippen molar-refractivity contribution in [1.82, 2.24) is 4.98 Å².